The Morgan fingerprint density at radius 1 is 1.29 bits per heavy atom. The Morgan fingerprint density at radius 2 is 2.04 bits per heavy atom. The number of carbonyl (C=O) groups is 1. The number of hydrogen-bond acceptors (Lipinski definition) is 3. The van der Waals surface area contributed by atoms with Crippen LogP contribution in [0, 0.1) is 0 Å². The zero-order valence-corrected chi connectivity index (χ0v) is 14.9. The van der Waals surface area contributed by atoms with Gasteiger partial charge in [-0.15, -0.1) is 0 Å². The van der Waals surface area contributed by atoms with Gasteiger partial charge in [0.15, 0.2) is 0 Å². The van der Waals surface area contributed by atoms with Crippen LogP contribution in [0.15, 0.2) is 36.4 Å². The van der Waals surface area contributed by atoms with Crippen LogP contribution >= 0.6 is 23.2 Å². The molecule has 1 aliphatic rings. The molecular formula is C18H18Cl2N2O2. The molecule has 0 saturated heterocycles. The van der Waals surface area contributed by atoms with E-state index in [1.165, 1.54) is 0 Å². The molecule has 3 N–H and O–H groups in total. The summed E-state index contributed by atoms with van der Waals surface area (Å²) in [6, 6.07) is 10.2. The number of benzene rings is 2. The van der Waals surface area contributed by atoms with E-state index in [4.69, 9.17) is 33.7 Å². The number of nitrogens with one attached hydrogen (secondary N) is 1. The number of fused-ring (bicyclic) bond motifs is 1. The summed E-state index contributed by atoms with van der Waals surface area (Å²) in [4.78, 5) is 12.7. The number of amides is 1. The predicted molar refractivity (Wildman–Crippen MR) is 96.8 cm³/mol. The molecular weight excluding hydrogens is 347 g/mol. The fourth-order valence-electron chi connectivity index (χ4n) is 2.92. The van der Waals surface area contributed by atoms with Gasteiger partial charge in [-0.1, -0.05) is 29.3 Å². The van der Waals surface area contributed by atoms with Gasteiger partial charge in [0.1, 0.15) is 11.4 Å². The van der Waals surface area contributed by atoms with Gasteiger partial charge in [-0.3, -0.25) is 4.79 Å². The van der Waals surface area contributed by atoms with Crippen LogP contribution in [0.25, 0.3) is 0 Å². The lowest BCUT2D eigenvalue weighted by Gasteiger charge is -2.38. The van der Waals surface area contributed by atoms with E-state index in [2.05, 4.69) is 5.32 Å². The third-order valence-corrected chi connectivity index (χ3v) is 4.81. The minimum absolute atomic E-state index is 0.227. The van der Waals surface area contributed by atoms with Crippen molar-refractivity contribution in [3.8, 4) is 5.75 Å². The summed E-state index contributed by atoms with van der Waals surface area (Å²) in [5.74, 6) is 0.446. The molecule has 0 bridgehead atoms. The molecule has 0 saturated carbocycles. The summed E-state index contributed by atoms with van der Waals surface area (Å²) in [6.07, 6.45) is 0.618. The molecule has 2 aromatic carbocycles. The molecule has 3 rings (SSSR count). The van der Waals surface area contributed by atoms with Gasteiger partial charge in [-0.25, -0.2) is 0 Å². The van der Waals surface area contributed by atoms with Crippen LogP contribution in [0.3, 0.4) is 0 Å². The molecule has 1 unspecified atom stereocenters. The van der Waals surface area contributed by atoms with Crippen LogP contribution in [-0.4, -0.2) is 11.5 Å². The topological polar surface area (TPSA) is 64.4 Å². The van der Waals surface area contributed by atoms with E-state index in [-0.39, 0.29) is 17.0 Å². The first-order valence-corrected chi connectivity index (χ1v) is 8.36. The molecule has 0 fully saturated rings. The molecule has 0 aliphatic carbocycles. The van der Waals surface area contributed by atoms with E-state index in [0.29, 0.717) is 22.7 Å². The number of anilines is 1. The van der Waals surface area contributed by atoms with E-state index < -0.39 is 5.60 Å². The lowest BCUT2D eigenvalue weighted by atomic mass is 9.89. The van der Waals surface area contributed by atoms with E-state index in [9.17, 15) is 4.79 Å². The standard InChI is InChI=1S/C18H18Cl2N2O2/c1-18(2)9-14(12-8-10(21)6-7-15(12)24-18)22-17(23)11-4-3-5-13(19)16(11)20/h3-8,14H,9,21H2,1-2H3,(H,22,23). The van der Waals surface area contributed by atoms with Gasteiger partial charge < -0.3 is 15.8 Å². The number of hydrogen-bond donors (Lipinski definition) is 2. The summed E-state index contributed by atoms with van der Waals surface area (Å²) in [7, 11) is 0. The van der Waals surface area contributed by atoms with E-state index in [1.807, 2.05) is 26.0 Å². The third kappa shape index (κ3) is 3.30. The number of nitrogens with two attached hydrogens (primary N) is 1. The molecule has 1 amide bonds. The molecule has 4 nitrogen and oxygen atoms in total. The highest BCUT2D eigenvalue weighted by Gasteiger charge is 2.35. The van der Waals surface area contributed by atoms with Gasteiger partial charge in [0.2, 0.25) is 0 Å². The van der Waals surface area contributed by atoms with Gasteiger partial charge in [-0.05, 0) is 44.2 Å². The number of ether oxygens (including phenoxy) is 1. The van der Waals surface area contributed by atoms with Crippen LogP contribution in [0.1, 0.15) is 42.2 Å². The predicted octanol–water partition coefficient (Wildman–Crippen LogP) is 4.61. The second-order valence-electron chi connectivity index (χ2n) is 6.49. The Hall–Kier alpha value is -1.91. The van der Waals surface area contributed by atoms with Crippen LogP contribution < -0.4 is 15.8 Å². The van der Waals surface area contributed by atoms with Gasteiger partial charge in [-0.2, -0.15) is 0 Å². The highest BCUT2D eigenvalue weighted by atomic mass is 35.5. The number of carbonyl (C=O) groups excluding carboxylic acids is 1. The minimum atomic E-state index is -0.404. The normalized spacial score (nSPS) is 18.4. The first kappa shape index (κ1) is 16.9. The number of halogens is 2. The molecule has 1 aliphatic heterocycles. The second kappa shape index (κ2) is 6.19. The molecule has 126 valence electrons. The first-order chi connectivity index (χ1) is 11.3. The molecule has 1 heterocycles. The molecule has 24 heavy (non-hydrogen) atoms. The average molecular weight is 365 g/mol. The van der Waals surface area contributed by atoms with Gasteiger partial charge in [0.25, 0.3) is 5.91 Å². The first-order valence-electron chi connectivity index (χ1n) is 7.60. The van der Waals surface area contributed by atoms with Crippen molar-refractivity contribution in [3.63, 3.8) is 0 Å². The molecule has 0 spiro atoms. The lowest BCUT2D eigenvalue weighted by molar-refractivity contribution is 0.0620. The number of nitrogen functional groups attached to an aromatic ring is 1. The summed E-state index contributed by atoms with van der Waals surface area (Å²) < 4.78 is 5.98. The van der Waals surface area contributed by atoms with Crippen molar-refractivity contribution in [1.82, 2.24) is 5.32 Å². The quantitative estimate of drug-likeness (QED) is 0.764. The maximum atomic E-state index is 12.7. The Balaban J connectivity index is 1.93. The van der Waals surface area contributed by atoms with Crippen molar-refractivity contribution in [2.75, 3.05) is 5.73 Å². The van der Waals surface area contributed by atoms with Crippen molar-refractivity contribution >= 4 is 34.8 Å². The van der Waals surface area contributed by atoms with Gasteiger partial charge in [0, 0.05) is 17.7 Å². The SMILES string of the molecule is CC1(C)CC(NC(=O)c2cccc(Cl)c2Cl)c2cc(N)ccc2O1. The maximum Gasteiger partial charge on any atom is 0.253 e. The van der Waals surface area contributed by atoms with Crippen molar-refractivity contribution in [2.24, 2.45) is 0 Å². The fraction of sp³-hybridized carbons (Fsp3) is 0.278. The lowest BCUT2D eigenvalue weighted by Crippen LogP contribution is -2.41. The smallest absolute Gasteiger partial charge is 0.253 e. The highest BCUT2D eigenvalue weighted by molar-refractivity contribution is 6.43. The van der Waals surface area contributed by atoms with Crippen molar-refractivity contribution in [3.05, 3.63) is 57.6 Å². The Bertz CT molecular complexity index is 806. The molecule has 6 heteroatoms. The van der Waals surface area contributed by atoms with Crippen LogP contribution in [0.5, 0.6) is 5.75 Å². The monoisotopic (exact) mass is 364 g/mol. The van der Waals surface area contributed by atoms with Gasteiger partial charge in [0.05, 0.1) is 21.7 Å². The summed E-state index contributed by atoms with van der Waals surface area (Å²) in [5.41, 5.74) is 7.32. The Morgan fingerprint density at radius 3 is 2.79 bits per heavy atom. The maximum absolute atomic E-state index is 12.7. The summed E-state index contributed by atoms with van der Waals surface area (Å²) in [6.45, 7) is 3.97. The van der Waals surface area contributed by atoms with Crippen molar-refractivity contribution in [1.29, 1.82) is 0 Å². The summed E-state index contributed by atoms with van der Waals surface area (Å²) >= 11 is 12.1. The fourth-order valence-corrected chi connectivity index (χ4v) is 3.30. The zero-order valence-electron chi connectivity index (χ0n) is 13.4. The van der Waals surface area contributed by atoms with Crippen molar-refractivity contribution in [2.45, 2.75) is 31.9 Å². The van der Waals surface area contributed by atoms with E-state index >= 15 is 0 Å². The largest absolute Gasteiger partial charge is 0.487 e. The number of rotatable bonds is 2. The second-order valence-corrected chi connectivity index (χ2v) is 7.28. The average Bonchev–Trinajstić information content (AvgIpc) is 2.50. The highest BCUT2D eigenvalue weighted by Crippen LogP contribution is 2.40. The van der Waals surface area contributed by atoms with Crippen LogP contribution in [0.4, 0.5) is 5.69 Å². The van der Waals surface area contributed by atoms with E-state index in [0.717, 1.165) is 11.3 Å². The van der Waals surface area contributed by atoms with Gasteiger partial charge >= 0.3 is 0 Å². The Labute approximate surface area is 150 Å². The van der Waals surface area contributed by atoms with Crippen molar-refractivity contribution < 1.29 is 9.53 Å². The summed E-state index contributed by atoms with van der Waals surface area (Å²) in [5, 5.41) is 3.62. The van der Waals surface area contributed by atoms with Crippen LogP contribution in [-0.2, 0) is 0 Å². The minimum Gasteiger partial charge on any atom is -0.487 e. The molecule has 1 atom stereocenters. The molecule has 0 radical (unpaired) electrons. The van der Waals surface area contributed by atoms with E-state index in [1.54, 1.807) is 24.3 Å². The molecule has 0 aromatic heterocycles. The third-order valence-electron chi connectivity index (χ3n) is 3.99. The zero-order chi connectivity index (χ0) is 17.5. The molecule has 2 aromatic rings. The van der Waals surface area contributed by atoms with Crippen LogP contribution in [0.2, 0.25) is 10.0 Å². The Kier molecular flexibility index (Phi) is 4.37.